The van der Waals surface area contributed by atoms with Gasteiger partial charge in [-0.2, -0.15) is 0 Å². The number of ether oxygens (including phenoxy) is 2. The number of rotatable bonds is 5. The number of carbonyl (C=O) groups is 1. The first-order valence-corrected chi connectivity index (χ1v) is 7.47. The summed E-state index contributed by atoms with van der Waals surface area (Å²) in [6, 6.07) is 5.81. The second-order valence-electron chi connectivity index (χ2n) is 5.38. The highest BCUT2D eigenvalue weighted by Crippen LogP contribution is 2.22. The Morgan fingerprint density at radius 3 is 2.29 bits per heavy atom. The average molecular weight is 292 g/mol. The molecular formula is C16H24N2O3. The summed E-state index contributed by atoms with van der Waals surface area (Å²) in [5.74, 6) is 1.44. The van der Waals surface area contributed by atoms with Crippen LogP contribution in [-0.2, 0) is 6.54 Å². The highest BCUT2D eigenvalue weighted by atomic mass is 16.5. The monoisotopic (exact) mass is 292 g/mol. The van der Waals surface area contributed by atoms with E-state index in [0.29, 0.717) is 12.6 Å². The molecule has 1 saturated carbocycles. The Morgan fingerprint density at radius 1 is 1.10 bits per heavy atom. The molecule has 0 unspecified atom stereocenters. The molecule has 2 rings (SSSR count). The summed E-state index contributed by atoms with van der Waals surface area (Å²) >= 11 is 0. The summed E-state index contributed by atoms with van der Waals surface area (Å²) in [5.41, 5.74) is 0.949. The minimum atomic E-state index is -0.108. The van der Waals surface area contributed by atoms with Gasteiger partial charge in [-0.05, 0) is 30.5 Å². The van der Waals surface area contributed by atoms with E-state index in [9.17, 15) is 4.79 Å². The Morgan fingerprint density at radius 2 is 1.71 bits per heavy atom. The van der Waals surface area contributed by atoms with Gasteiger partial charge in [0, 0.05) is 18.7 Å². The van der Waals surface area contributed by atoms with Gasteiger partial charge in [-0.3, -0.25) is 0 Å². The van der Waals surface area contributed by atoms with E-state index >= 15 is 0 Å². The van der Waals surface area contributed by atoms with Crippen LogP contribution in [-0.4, -0.2) is 26.3 Å². The minimum Gasteiger partial charge on any atom is -0.497 e. The number of hydrogen-bond donors (Lipinski definition) is 2. The van der Waals surface area contributed by atoms with Crippen LogP contribution in [0.4, 0.5) is 4.79 Å². The van der Waals surface area contributed by atoms with E-state index in [2.05, 4.69) is 10.6 Å². The number of methoxy groups -OCH3 is 2. The Balaban J connectivity index is 1.85. The van der Waals surface area contributed by atoms with Crippen molar-refractivity contribution in [3.8, 4) is 11.5 Å². The normalized spacial score (nSPS) is 15.3. The van der Waals surface area contributed by atoms with Gasteiger partial charge in [-0.1, -0.05) is 19.3 Å². The first kappa shape index (κ1) is 15.5. The Labute approximate surface area is 126 Å². The fourth-order valence-electron chi connectivity index (χ4n) is 2.63. The summed E-state index contributed by atoms with van der Waals surface area (Å²) in [5, 5.41) is 5.92. The molecule has 2 N–H and O–H groups in total. The van der Waals surface area contributed by atoms with Gasteiger partial charge in [0.05, 0.1) is 14.2 Å². The second-order valence-corrected chi connectivity index (χ2v) is 5.38. The fraction of sp³-hybridized carbons (Fsp3) is 0.562. The molecule has 5 nitrogen and oxygen atoms in total. The highest BCUT2D eigenvalue weighted by molar-refractivity contribution is 5.74. The molecule has 0 aliphatic heterocycles. The van der Waals surface area contributed by atoms with Crippen LogP contribution in [0.15, 0.2) is 18.2 Å². The Hall–Kier alpha value is -1.91. The lowest BCUT2D eigenvalue weighted by Crippen LogP contribution is -2.42. The Bertz CT molecular complexity index is 448. The summed E-state index contributed by atoms with van der Waals surface area (Å²) in [6.45, 7) is 0.451. The maximum atomic E-state index is 11.9. The van der Waals surface area contributed by atoms with Crippen LogP contribution < -0.4 is 20.1 Å². The van der Waals surface area contributed by atoms with Gasteiger partial charge in [0.1, 0.15) is 11.5 Å². The molecule has 1 aliphatic carbocycles. The van der Waals surface area contributed by atoms with E-state index in [1.165, 1.54) is 19.3 Å². The van der Waals surface area contributed by atoms with Crippen molar-refractivity contribution in [1.82, 2.24) is 10.6 Å². The van der Waals surface area contributed by atoms with Crippen LogP contribution in [0.3, 0.4) is 0 Å². The lowest BCUT2D eigenvalue weighted by atomic mass is 9.96. The third-order valence-corrected chi connectivity index (χ3v) is 3.80. The first-order chi connectivity index (χ1) is 10.2. The number of nitrogens with one attached hydrogen (secondary N) is 2. The molecule has 116 valence electrons. The topological polar surface area (TPSA) is 59.6 Å². The SMILES string of the molecule is COc1cc(CNC(=O)NC2CCCCC2)cc(OC)c1. The van der Waals surface area contributed by atoms with Gasteiger partial charge in [-0.25, -0.2) is 4.79 Å². The molecular weight excluding hydrogens is 268 g/mol. The van der Waals surface area contributed by atoms with E-state index < -0.39 is 0 Å². The molecule has 2 amide bonds. The van der Waals surface area contributed by atoms with Crippen molar-refractivity contribution in [2.75, 3.05) is 14.2 Å². The molecule has 0 bridgehead atoms. The molecule has 0 spiro atoms. The van der Waals surface area contributed by atoms with Crippen molar-refractivity contribution < 1.29 is 14.3 Å². The molecule has 0 saturated heterocycles. The maximum Gasteiger partial charge on any atom is 0.315 e. The van der Waals surface area contributed by atoms with Crippen molar-refractivity contribution in [3.05, 3.63) is 23.8 Å². The van der Waals surface area contributed by atoms with Crippen LogP contribution in [0.1, 0.15) is 37.7 Å². The Kier molecular flexibility index (Phi) is 5.72. The number of hydrogen-bond acceptors (Lipinski definition) is 3. The van der Waals surface area contributed by atoms with Crippen LogP contribution in [0.25, 0.3) is 0 Å². The van der Waals surface area contributed by atoms with Crippen LogP contribution in [0.2, 0.25) is 0 Å². The van der Waals surface area contributed by atoms with Crippen molar-refractivity contribution in [3.63, 3.8) is 0 Å². The van der Waals surface area contributed by atoms with Gasteiger partial charge < -0.3 is 20.1 Å². The number of benzene rings is 1. The summed E-state index contributed by atoms with van der Waals surface area (Å²) in [6.07, 6.45) is 5.86. The van der Waals surface area contributed by atoms with Crippen molar-refractivity contribution in [2.24, 2.45) is 0 Å². The number of urea groups is 1. The molecule has 1 aromatic carbocycles. The molecule has 0 radical (unpaired) electrons. The quantitative estimate of drug-likeness (QED) is 0.877. The third-order valence-electron chi connectivity index (χ3n) is 3.80. The van der Waals surface area contributed by atoms with E-state index in [0.717, 1.165) is 29.9 Å². The highest BCUT2D eigenvalue weighted by Gasteiger charge is 2.15. The van der Waals surface area contributed by atoms with Gasteiger partial charge >= 0.3 is 6.03 Å². The molecule has 0 heterocycles. The van der Waals surface area contributed by atoms with Crippen LogP contribution >= 0.6 is 0 Å². The largest absolute Gasteiger partial charge is 0.497 e. The van der Waals surface area contributed by atoms with E-state index in [4.69, 9.17) is 9.47 Å². The van der Waals surface area contributed by atoms with Crippen molar-refractivity contribution in [1.29, 1.82) is 0 Å². The summed E-state index contributed by atoms with van der Waals surface area (Å²) in [7, 11) is 3.23. The van der Waals surface area contributed by atoms with Crippen LogP contribution in [0.5, 0.6) is 11.5 Å². The summed E-state index contributed by atoms with van der Waals surface area (Å²) < 4.78 is 10.4. The van der Waals surface area contributed by atoms with E-state index in [-0.39, 0.29) is 6.03 Å². The number of carbonyl (C=O) groups excluding carboxylic acids is 1. The van der Waals surface area contributed by atoms with Crippen LogP contribution in [0, 0.1) is 0 Å². The molecule has 1 aromatic rings. The second kappa shape index (κ2) is 7.76. The van der Waals surface area contributed by atoms with Gasteiger partial charge in [-0.15, -0.1) is 0 Å². The lowest BCUT2D eigenvalue weighted by molar-refractivity contribution is 0.232. The molecule has 1 aliphatic rings. The third kappa shape index (κ3) is 4.85. The van der Waals surface area contributed by atoms with Gasteiger partial charge in [0.25, 0.3) is 0 Å². The summed E-state index contributed by atoms with van der Waals surface area (Å²) in [4.78, 5) is 11.9. The standard InChI is InChI=1S/C16H24N2O3/c1-20-14-8-12(9-15(10-14)21-2)11-17-16(19)18-13-6-4-3-5-7-13/h8-10,13H,3-7,11H2,1-2H3,(H2,17,18,19). The molecule has 0 aromatic heterocycles. The van der Waals surface area contributed by atoms with Crippen molar-refractivity contribution >= 4 is 6.03 Å². The molecule has 21 heavy (non-hydrogen) atoms. The molecule has 5 heteroatoms. The zero-order valence-corrected chi connectivity index (χ0v) is 12.8. The zero-order valence-electron chi connectivity index (χ0n) is 12.8. The lowest BCUT2D eigenvalue weighted by Gasteiger charge is -2.22. The fourth-order valence-corrected chi connectivity index (χ4v) is 2.63. The smallest absolute Gasteiger partial charge is 0.315 e. The molecule has 0 atom stereocenters. The average Bonchev–Trinajstić information content (AvgIpc) is 2.53. The first-order valence-electron chi connectivity index (χ1n) is 7.47. The predicted molar refractivity (Wildman–Crippen MR) is 81.8 cm³/mol. The van der Waals surface area contributed by atoms with Gasteiger partial charge in [0.2, 0.25) is 0 Å². The predicted octanol–water partition coefficient (Wildman–Crippen LogP) is 2.84. The number of amides is 2. The van der Waals surface area contributed by atoms with Crippen molar-refractivity contribution in [2.45, 2.75) is 44.7 Å². The zero-order chi connectivity index (χ0) is 15.1. The van der Waals surface area contributed by atoms with E-state index in [1.807, 2.05) is 18.2 Å². The molecule has 1 fully saturated rings. The minimum absolute atomic E-state index is 0.108. The van der Waals surface area contributed by atoms with E-state index in [1.54, 1.807) is 14.2 Å². The van der Waals surface area contributed by atoms with Gasteiger partial charge in [0.15, 0.2) is 0 Å². The maximum absolute atomic E-state index is 11.9.